The molecule has 2 aromatic rings. The van der Waals surface area contributed by atoms with Gasteiger partial charge >= 0.3 is 0 Å². The number of rotatable bonds is 4. The van der Waals surface area contributed by atoms with Crippen molar-refractivity contribution in [2.45, 2.75) is 13.3 Å². The third kappa shape index (κ3) is 2.82. The van der Waals surface area contributed by atoms with Gasteiger partial charge in [0.1, 0.15) is 0 Å². The molecule has 1 heterocycles. The zero-order chi connectivity index (χ0) is 13.0. The molecule has 4 heteroatoms. The standard InChI is InChI=1S/C14H16N2S2/c1-11-10-15-8-6-13(11)16(18)14-5-3-2-4-12(14)7-9-17/h2-6,8,10,17-18H,7,9H2,1H3. The Hall–Kier alpha value is -1.13. The largest absolute Gasteiger partial charge is 0.287 e. The predicted molar refractivity (Wildman–Crippen MR) is 84.1 cm³/mol. The fraction of sp³-hybridized carbons (Fsp3) is 0.214. The number of hydrogen-bond acceptors (Lipinski definition) is 4. The van der Waals surface area contributed by atoms with Crippen molar-refractivity contribution in [2.75, 3.05) is 10.1 Å². The van der Waals surface area contributed by atoms with Crippen molar-refractivity contribution in [3.63, 3.8) is 0 Å². The molecule has 1 aromatic heterocycles. The highest BCUT2D eigenvalue weighted by Crippen LogP contribution is 2.32. The summed E-state index contributed by atoms with van der Waals surface area (Å²) < 4.78 is 1.91. The minimum atomic E-state index is 0.827. The minimum Gasteiger partial charge on any atom is -0.287 e. The molecule has 2 rings (SSSR count). The molecule has 2 nitrogen and oxygen atoms in total. The number of benzene rings is 1. The average Bonchev–Trinajstić information content (AvgIpc) is 2.40. The van der Waals surface area contributed by atoms with Crippen LogP contribution in [0.25, 0.3) is 0 Å². The van der Waals surface area contributed by atoms with Gasteiger partial charge in [-0.15, -0.1) is 0 Å². The fourth-order valence-corrected chi connectivity index (χ4v) is 2.54. The lowest BCUT2D eigenvalue weighted by molar-refractivity contribution is 1.15. The van der Waals surface area contributed by atoms with Crippen LogP contribution in [0.15, 0.2) is 42.7 Å². The number of nitrogens with zero attached hydrogens (tertiary/aromatic N) is 2. The van der Waals surface area contributed by atoms with E-state index in [1.54, 1.807) is 6.20 Å². The normalized spacial score (nSPS) is 10.4. The number of pyridine rings is 1. The zero-order valence-corrected chi connectivity index (χ0v) is 12.0. The monoisotopic (exact) mass is 276 g/mol. The molecule has 0 aliphatic rings. The van der Waals surface area contributed by atoms with Crippen molar-refractivity contribution in [2.24, 2.45) is 0 Å². The number of thiol groups is 2. The van der Waals surface area contributed by atoms with Gasteiger partial charge in [0.25, 0.3) is 0 Å². The van der Waals surface area contributed by atoms with E-state index in [9.17, 15) is 0 Å². The van der Waals surface area contributed by atoms with Crippen LogP contribution in [0.3, 0.4) is 0 Å². The third-order valence-corrected chi connectivity index (χ3v) is 3.47. The summed E-state index contributed by atoms with van der Waals surface area (Å²) in [5, 5.41) is 0. The Labute approximate surface area is 119 Å². The van der Waals surface area contributed by atoms with E-state index in [4.69, 9.17) is 0 Å². The van der Waals surface area contributed by atoms with Gasteiger partial charge < -0.3 is 0 Å². The molecule has 0 radical (unpaired) electrons. The van der Waals surface area contributed by atoms with Gasteiger partial charge in [-0.3, -0.25) is 9.29 Å². The molecule has 0 saturated heterocycles. The molecule has 0 saturated carbocycles. The van der Waals surface area contributed by atoms with Crippen LogP contribution in [-0.4, -0.2) is 10.7 Å². The summed E-state index contributed by atoms with van der Waals surface area (Å²) >= 11 is 8.92. The smallest absolute Gasteiger partial charge is 0.0582 e. The van der Waals surface area contributed by atoms with Crippen LogP contribution >= 0.6 is 25.4 Å². The van der Waals surface area contributed by atoms with Crippen LogP contribution in [0.1, 0.15) is 11.1 Å². The number of para-hydroxylation sites is 1. The van der Waals surface area contributed by atoms with Crippen molar-refractivity contribution in [1.82, 2.24) is 4.98 Å². The van der Waals surface area contributed by atoms with E-state index in [2.05, 4.69) is 42.6 Å². The quantitative estimate of drug-likeness (QED) is 0.825. The second-order valence-corrected chi connectivity index (χ2v) is 4.92. The van der Waals surface area contributed by atoms with Crippen LogP contribution in [0, 0.1) is 6.92 Å². The molecule has 0 bridgehead atoms. The van der Waals surface area contributed by atoms with E-state index >= 15 is 0 Å². The van der Waals surface area contributed by atoms with E-state index in [1.807, 2.05) is 35.6 Å². The van der Waals surface area contributed by atoms with Gasteiger partial charge in [0.2, 0.25) is 0 Å². The van der Waals surface area contributed by atoms with Crippen LogP contribution in [-0.2, 0) is 6.42 Å². The van der Waals surface area contributed by atoms with Crippen LogP contribution < -0.4 is 4.31 Å². The van der Waals surface area contributed by atoms with E-state index in [0.29, 0.717) is 0 Å². The molecule has 0 spiro atoms. The van der Waals surface area contributed by atoms with Crippen molar-refractivity contribution in [1.29, 1.82) is 0 Å². The SMILES string of the molecule is Cc1cnccc1N(S)c1ccccc1CCS. The summed E-state index contributed by atoms with van der Waals surface area (Å²) in [4.78, 5) is 4.11. The minimum absolute atomic E-state index is 0.827. The van der Waals surface area contributed by atoms with Crippen molar-refractivity contribution >= 4 is 36.8 Å². The Balaban J connectivity index is 2.40. The van der Waals surface area contributed by atoms with Crippen LogP contribution in [0.4, 0.5) is 11.4 Å². The molecule has 0 unspecified atom stereocenters. The maximum atomic E-state index is 4.62. The summed E-state index contributed by atoms with van der Waals surface area (Å²) in [6.07, 6.45) is 4.56. The Bertz CT molecular complexity index is 529. The van der Waals surface area contributed by atoms with Crippen molar-refractivity contribution in [3.05, 3.63) is 53.9 Å². The first-order valence-corrected chi connectivity index (χ1v) is 6.85. The van der Waals surface area contributed by atoms with Crippen molar-refractivity contribution in [3.8, 4) is 0 Å². The number of hydrogen-bond donors (Lipinski definition) is 2. The van der Waals surface area contributed by atoms with Crippen LogP contribution in [0.2, 0.25) is 0 Å². The molecule has 1 aromatic carbocycles. The molecule has 0 aliphatic carbocycles. The Morgan fingerprint density at radius 2 is 1.94 bits per heavy atom. The van der Waals surface area contributed by atoms with E-state index in [0.717, 1.165) is 29.1 Å². The summed E-state index contributed by atoms with van der Waals surface area (Å²) in [5.41, 5.74) is 4.51. The average molecular weight is 276 g/mol. The highest BCUT2D eigenvalue weighted by atomic mass is 32.1. The van der Waals surface area contributed by atoms with Gasteiger partial charge in [-0.2, -0.15) is 12.6 Å². The zero-order valence-electron chi connectivity index (χ0n) is 10.2. The molecule has 0 amide bonds. The molecule has 18 heavy (non-hydrogen) atoms. The summed E-state index contributed by atoms with van der Waals surface area (Å²) in [5.74, 6) is 0.827. The summed E-state index contributed by atoms with van der Waals surface area (Å²) in [7, 11) is 0. The Kier molecular flexibility index (Phi) is 4.55. The van der Waals surface area contributed by atoms with Gasteiger partial charge in [0.15, 0.2) is 0 Å². The first-order chi connectivity index (χ1) is 8.74. The number of aromatic nitrogens is 1. The second-order valence-electron chi connectivity index (χ2n) is 4.08. The molecule has 0 fully saturated rings. The molecular weight excluding hydrogens is 260 g/mol. The van der Waals surface area contributed by atoms with Gasteiger partial charge in [-0.05, 0) is 42.4 Å². The lowest BCUT2D eigenvalue weighted by atomic mass is 10.1. The van der Waals surface area contributed by atoms with Gasteiger partial charge in [0.05, 0.1) is 11.4 Å². The van der Waals surface area contributed by atoms with E-state index in [-0.39, 0.29) is 0 Å². The maximum absolute atomic E-state index is 4.62. The summed E-state index contributed by atoms with van der Waals surface area (Å²) in [6.45, 7) is 2.03. The topological polar surface area (TPSA) is 16.1 Å². The lowest BCUT2D eigenvalue weighted by Crippen LogP contribution is -2.07. The molecule has 0 atom stereocenters. The Morgan fingerprint density at radius 1 is 1.17 bits per heavy atom. The highest BCUT2D eigenvalue weighted by molar-refractivity contribution is 7.82. The fourth-order valence-electron chi connectivity index (χ4n) is 1.88. The van der Waals surface area contributed by atoms with Gasteiger partial charge in [-0.1, -0.05) is 31.0 Å². The number of aryl methyl sites for hydroxylation is 2. The van der Waals surface area contributed by atoms with E-state index in [1.165, 1.54) is 5.56 Å². The molecule has 0 aliphatic heterocycles. The van der Waals surface area contributed by atoms with Crippen molar-refractivity contribution < 1.29 is 0 Å². The first-order valence-electron chi connectivity index (χ1n) is 5.82. The predicted octanol–water partition coefficient (Wildman–Crippen LogP) is 3.85. The summed E-state index contributed by atoms with van der Waals surface area (Å²) in [6, 6.07) is 10.2. The second kappa shape index (κ2) is 6.16. The lowest BCUT2D eigenvalue weighted by Gasteiger charge is -2.22. The molecule has 0 N–H and O–H groups in total. The van der Waals surface area contributed by atoms with Crippen LogP contribution in [0.5, 0.6) is 0 Å². The van der Waals surface area contributed by atoms with Gasteiger partial charge in [-0.25, -0.2) is 0 Å². The molecular formula is C14H16N2S2. The van der Waals surface area contributed by atoms with Gasteiger partial charge in [0, 0.05) is 12.4 Å². The number of anilines is 2. The highest BCUT2D eigenvalue weighted by Gasteiger charge is 2.11. The Morgan fingerprint density at radius 3 is 2.67 bits per heavy atom. The van der Waals surface area contributed by atoms with E-state index < -0.39 is 0 Å². The maximum Gasteiger partial charge on any atom is 0.0582 e. The third-order valence-electron chi connectivity index (χ3n) is 2.82. The molecule has 94 valence electrons. The first kappa shape index (κ1) is 13.3.